The number of ether oxygens (including phenoxy) is 2. The van der Waals surface area contributed by atoms with Gasteiger partial charge >= 0.3 is 10.4 Å². The zero-order chi connectivity index (χ0) is 39.2. The number of carbonyl (C=O) groups is 1. The highest BCUT2D eigenvalue weighted by Gasteiger charge is 2.48. The minimum Gasteiger partial charge on any atom is -0.394 e. The lowest BCUT2D eigenvalue weighted by molar-refractivity contribution is -0.298. The zero-order valence-corrected chi connectivity index (χ0v) is 33.9. The van der Waals surface area contributed by atoms with E-state index < -0.39 is 59.9 Å². The van der Waals surface area contributed by atoms with Crippen molar-refractivity contribution in [3.05, 3.63) is 12.2 Å². The Kier molecular flexibility index (Phi) is 30.1. The molecule has 1 heterocycles. The molecule has 7 atom stereocenters. The number of rotatable bonds is 35. The SMILES string of the molecule is CCCCCCCCCCCCCCCC/C=C/C(O)C(COC1OC(CO)C(O)C(OS(=O)(=O)O)C1O)NC(=O)CCCCCCCCCCCC. The molecule has 12 nitrogen and oxygen atoms in total. The van der Waals surface area contributed by atoms with Gasteiger partial charge in [-0.2, -0.15) is 8.42 Å². The molecule has 1 saturated heterocycles. The average molecular weight is 780 g/mol. The summed E-state index contributed by atoms with van der Waals surface area (Å²) < 4.78 is 47.4. The predicted octanol–water partition coefficient (Wildman–Crippen LogP) is 7.21. The Bertz CT molecular complexity index is 1010. The summed E-state index contributed by atoms with van der Waals surface area (Å²) in [5.41, 5.74) is 0. The molecular formula is C40H77NO11S. The Hall–Kier alpha value is -1.16. The van der Waals surface area contributed by atoms with Crippen LogP contribution < -0.4 is 5.32 Å². The van der Waals surface area contributed by atoms with Gasteiger partial charge in [0.1, 0.15) is 24.4 Å². The van der Waals surface area contributed by atoms with Crippen molar-refractivity contribution < 1.29 is 51.8 Å². The first-order chi connectivity index (χ1) is 25.5. The van der Waals surface area contributed by atoms with Crippen LogP contribution in [0.4, 0.5) is 0 Å². The van der Waals surface area contributed by atoms with Crippen LogP contribution in [0.5, 0.6) is 0 Å². The molecule has 0 spiro atoms. The molecular weight excluding hydrogens is 703 g/mol. The van der Waals surface area contributed by atoms with E-state index >= 15 is 0 Å². The lowest BCUT2D eigenvalue weighted by Crippen LogP contribution is -2.61. The maximum Gasteiger partial charge on any atom is 0.397 e. The number of hydrogen-bond acceptors (Lipinski definition) is 10. The van der Waals surface area contributed by atoms with E-state index in [-0.39, 0.29) is 18.9 Å². The monoisotopic (exact) mass is 780 g/mol. The summed E-state index contributed by atoms with van der Waals surface area (Å²) in [6.45, 7) is 3.35. The number of amides is 1. The van der Waals surface area contributed by atoms with E-state index in [2.05, 4.69) is 23.3 Å². The molecule has 0 aromatic carbocycles. The van der Waals surface area contributed by atoms with Crippen molar-refractivity contribution in [2.24, 2.45) is 0 Å². The van der Waals surface area contributed by atoms with E-state index in [0.717, 1.165) is 38.5 Å². The molecule has 0 aliphatic carbocycles. The van der Waals surface area contributed by atoms with E-state index in [1.165, 1.54) is 116 Å². The van der Waals surface area contributed by atoms with Gasteiger partial charge in [-0.3, -0.25) is 9.35 Å². The predicted molar refractivity (Wildman–Crippen MR) is 209 cm³/mol. The molecule has 53 heavy (non-hydrogen) atoms. The molecule has 0 saturated carbocycles. The summed E-state index contributed by atoms with van der Waals surface area (Å²) in [5, 5.41) is 44.5. The third-order valence-electron chi connectivity index (χ3n) is 10.1. The van der Waals surface area contributed by atoms with Crippen molar-refractivity contribution in [3.63, 3.8) is 0 Å². The van der Waals surface area contributed by atoms with Crippen molar-refractivity contribution in [1.82, 2.24) is 5.32 Å². The van der Waals surface area contributed by atoms with Crippen LogP contribution in [0.25, 0.3) is 0 Å². The Balaban J connectivity index is 2.58. The number of nitrogens with one attached hydrogen (secondary N) is 1. The Morgan fingerprint density at radius 3 is 1.64 bits per heavy atom. The summed E-state index contributed by atoms with van der Waals surface area (Å²) in [4.78, 5) is 12.9. The van der Waals surface area contributed by atoms with Gasteiger partial charge in [-0.15, -0.1) is 0 Å². The van der Waals surface area contributed by atoms with E-state index in [0.29, 0.717) is 6.42 Å². The van der Waals surface area contributed by atoms with Crippen molar-refractivity contribution in [2.45, 2.75) is 224 Å². The van der Waals surface area contributed by atoms with Gasteiger partial charge in [-0.05, 0) is 19.3 Å². The highest BCUT2D eigenvalue weighted by atomic mass is 32.3. The maximum absolute atomic E-state index is 12.9. The van der Waals surface area contributed by atoms with Gasteiger partial charge in [-0.25, -0.2) is 4.18 Å². The van der Waals surface area contributed by atoms with Gasteiger partial charge in [0.25, 0.3) is 0 Å². The van der Waals surface area contributed by atoms with Gasteiger partial charge < -0.3 is 35.2 Å². The van der Waals surface area contributed by atoms with E-state index in [4.69, 9.17) is 14.0 Å². The topological polar surface area (TPSA) is 192 Å². The fourth-order valence-electron chi connectivity index (χ4n) is 6.75. The quantitative estimate of drug-likeness (QED) is 0.0216. The number of hydrogen-bond donors (Lipinski definition) is 6. The van der Waals surface area contributed by atoms with Gasteiger partial charge in [0.05, 0.1) is 25.4 Å². The molecule has 1 amide bonds. The second-order valence-electron chi connectivity index (χ2n) is 14.9. The van der Waals surface area contributed by atoms with Crippen LogP contribution in [0.15, 0.2) is 12.2 Å². The first-order valence-electron chi connectivity index (χ1n) is 21.1. The number of unbranched alkanes of at least 4 members (excludes halogenated alkanes) is 23. The van der Waals surface area contributed by atoms with Gasteiger partial charge in [0.15, 0.2) is 6.29 Å². The molecule has 1 aliphatic rings. The zero-order valence-electron chi connectivity index (χ0n) is 33.1. The molecule has 0 aromatic heterocycles. The number of aliphatic hydroxyl groups excluding tert-OH is 4. The van der Waals surface area contributed by atoms with E-state index in [1.54, 1.807) is 6.08 Å². The number of aliphatic hydroxyl groups is 4. The molecule has 1 aliphatic heterocycles. The molecule has 6 N–H and O–H groups in total. The highest BCUT2D eigenvalue weighted by Crippen LogP contribution is 2.26. The molecule has 7 unspecified atom stereocenters. The third-order valence-corrected chi connectivity index (χ3v) is 10.5. The van der Waals surface area contributed by atoms with Crippen LogP contribution >= 0.6 is 0 Å². The summed E-state index contributed by atoms with van der Waals surface area (Å²) in [6, 6.07) is -0.936. The van der Waals surface area contributed by atoms with Crippen molar-refractivity contribution in [3.8, 4) is 0 Å². The first-order valence-corrected chi connectivity index (χ1v) is 22.4. The van der Waals surface area contributed by atoms with Crippen LogP contribution in [-0.4, -0.2) is 95.4 Å². The lowest BCUT2D eigenvalue weighted by atomic mass is 9.99. The van der Waals surface area contributed by atoms with Gasteiger partial charge in [-0.1, -0.05) is 167 Å². The van der Waals surface area contributed by atoms with Crippen molar-refractivity contribution in [2.75, 3.05) is 13.2 Å². The largest absolute Gasteiger partial charge is 0.397 e. The van der Waals surface area contributed by atoms with Crippen LogP contribution in [-0.2, 0) is 28.9 Å². The van der Waals surface area contributed by atoms with E-state index in [1.807, 2.05) is 6.08 Å². The van der Waals surface area contributed by atoms with Crippen LogP contribution in [0.2, 0.25) is 0 Å². The fraction of sp³-hybridized carbons (Fsp3) is 0.925. The third kappa shape index (κ3) is 25.6. The summed E-state index contributed by atoms with van der Waals surface area (Å²) in [6.07, 6.45) is 24.0. The van der Waals surface area contributed by atoms with Crippen LogP contribution in [0.1, 0.15) is 181 Å². The van der Waals surface area contributed by atoms with Gasteiger partial charge in [0.2, 0.25) is 5.91 Å². The number of carbonyl (C=O) groups excluding carboxylic acids is 1. The summed E-state index contributed by atoms with van der Waals surface area (Å²) in [7, 11) is -5.08. The lowest BCUT2D eigenvalue weighted by Gasteiger charge is -2.41. The summed E-state index contributed by atoms with van der Waals surface area (Å²) >= 11 is 0. The van der Waals surface area contributed by atoms with Crippen LogP contribution in [0.3, 0.4) is 0 Å². The smallest absolute Gasteiger partial charge is 0.394 e. The first kappa shape index (κ1) is 49.9. The molecule has 1 rings (SSSR count). The molecule has 1 fully saturated rings. The minimum absolute atomic E-state index is 0.265. The van der Waals surface area contributed by atoms with Crippen LogP contribution in [0, 0.1) is 0 Å². The standard InChI is InChI=1S/C40H77NO11S/c1-3-5-7-9-11-13-15-16-17-18-19-20-21-23-25-27-29-34(43)33(41-36(44)30-28-26-24-22-14-12-10-8-6-4-2)32-50-40-38(46)39(52-53(47,48)49)37(45)35(31-42)51-40/h27,29,33-35,37-40,42-43,45-46H,3-26,28,30-32H2,1-2H3,(H,41,44)(H,47,48,49)/b29-27+. The maximum atomic E-state index is 12.9. The molecule has 13 heteroatoms. The van der Waals surface area contributed by atoms with E-state index in [9.17, 15) is 33.6 Å². The fourth-order valence-corrected chi connectivity index (χ4v) is 7.26. The highest BCUT2D eigenvalue weighted by molar-refractivity contribution is 7.80. The van der Waals surface area contributed by atoms with Crippen molar-refractivity contribution in [1.29, 1.82) is 0 Å². The molecule has 0 radical (unpaired) electrons. The molecule has 314 valence electrons. The Labute approximate surface area is 321 Å². The average Bonchev–Trinajstić information content (AvgIpc) is 3.12. The minimum atomic E-state index is -5.08. The Morgan fingerprint density at radius 2 is 1.19 bits per heavy atom. The second-order valence-corrected chi connectivity index (χ2v) is 16.0. The van der Waals surface area contributed by atoms with Crippen molar-refractivity contribution >= 4 is 16.3 Å². The number of allylic oxidation sites excluding steroid dienone is 1. The second kappa shape index (κ2) is 32.0. The molecule has 0 bridgehead atoms. The van der Waals surface area contributed by atoms with Gasteiger partial charge in [0, 0.05) is 6.42 Å². The molecule has 0 aromatic rings. The Morgan fingerprint density at radius 1 is 0.736 bits per heavy atom. The summed E-state index contributed by atoms with van der Waals surface area (Å²) in [5.74, 6) is -0.265. The normalized spacial score (nSPS) is 22.0.